The van der Waals surface area contributed by atoms with Crippen LogP contribution in [0.2, 0.25) is 0 Å². The number of carbonyl (C=O) groups excluding carboxylic acids is 1. The minimum Gasteiger partial charge on any atom is -0.364 e. The topological polar surface area (TPSA) is 83.9 Å². The smallest absolute Gasteiger partial charge is 0.364 e. The molecule has 1 spiro atoms. The van der Waals surface area contributed by atoms with Gasteiger partial charge in [0.2, 0.25) is 0 Å². The first-order chi connectivity index (χ1) is 16.3. The molecule has 4 unspecified atom stereocenters. The highest BCUT2D eigenvalue weighted by atomic mass is 19.4. The SMILES string of the molecule is O=C(c1ccccc1-c1ncc(F)cn1)N1CC2CC23CC(Nc2cnc(C(F)(F)F)cn2)C13. The number of aromatic nitrogens is 4. The molecule has 3 heterocycles. The first-order valence-corrected chi connectivity index (χ1v) is 10.8. The molecule has 7 nitrogen and oxygen atoms in total. The van der Waals surface area contributed by atoms with Crippen molar-refractivity contribution < 1.29 is 22.4 Å². The van der Waals surface area contributed by atoms with E-state index in [9.17, 15) is 22.4 Å². The molecule has 3 aromatic rings. The molecule has 0 bridgehead atoms. The van der Waals surface area contributed by atoms with E-state index in [-0.39, 0.29) is 35.0 Å². The van der Waals surface area contributed by atoms with Gasteiger partial charge in [0, 0.05) is 18.2 Å². The molecule has 2 saturated carbocycles. The van der Waals surface area contributed by atoms with Crippen LogP contribution in [-0.4, -0.2) is 49.4 Å². The summed E-state index contributed by atoms with van der Waals surface area (Å²) in [7, 11) is 0. The van der Waals surface area contributed by atoms with Gasteiger partial charge in [-0.3, -0.25) is 4.79 Å². The number of likely N-dealkylation sites (tertiary alicyclic amines) is 1. The predicted molar refractivity (Wildman–Crippen MR) is 112 cm³/mol. The van der Waals surface area contributed by atoms with Crippen LogP contribution in [0.1, 0.15) is 28.9 Å². The van der Waals surface area contributed by atoms with E-state index in [1.54, 1.807) is 24.3 Å². The Labute approximate surface area is 191 Å². The highest BCUT2D eigenvalue weighted by Gasteiger charge is 2.75. The van der Waals surface area contributed by atoms with Gasteiger partial charge in [0.05, 0.1) is 36.4 Å². The summed E-state index contributed by atoms with van der Waals surface area (Å²) in [6.07, 6.45) is 1.18. The third-order valence-electron chi connectivity index (χ3n) is 7.16. The zero-order valence-corrected chi connectivity index (χ0v) is 17.6. The summed E-state index contributed by atoms with van der Waals surface area (Å²) in [4.78, 5) is 30.8. The largest absolute Gasteiger partial charge is 0.434 e. The van der Waals surface area contributed by atoms with E-state index >= 15 is 0 Å². The van der Waals surface area contributed by atoms with Crippen LogP contribution in [0.3, 0.4) is 0 Å². The number of alkyl halides is 3. The lowest BCUT2D eigenvalue weighted by molar-refractivity contribution is -0.141. The molecule has 3 fully saturated rings. The molecule has 3 aliphatic rings. The molecule has 0 radical (unpaired) electrons. The molecule has 1 aliphatic heterocycles. The Balaban J connectivity index is 1.25. The highest BCUT2D eigenvalue weighted by Crippen LogP contribution is 2.71. The van der Waals surface area contributed by atoms with Gasteiger partial charge in [-0.25, -0.2) is 24.3 Å². The number of benzene rings is 1. The van der Waals surface area contributed by atoms with Crippen molar-refractivity contribution in [2.75, 3.05) is 11.9 Å². The molecule has 2 aliphatic carbocycles. The number of hydrogen-bond donors (Lipinski definition) is 1. The highest BCUT2D eigenvalue weighted by molar-refractivity contribution is 6.00. The van der Waals surface area contributed by atoms with Crippen LogP contribution in [-0.2, 0) is 6.18 Å². The van der Waals surface area contributed by atoms with Crippen LogP contribution in [0.25, 0.3) is 11.4 Å². The van der Waals surface area contributed by atoms with Gasteiger partial charge in [-0.1, -0.05) is 18.2 Å². The molecule has 34 heavy (non-hydrogen) atoms. The van der Waals surface area contributed by atoms with Crippen molar-refractivity contribution in [2.24, 2.45) is 11.3 Å². The van der Waals surface area contributed by atoms with Crippen molar-refractivity contribution in [3.63, 3.8) is 0 Å². The molecular formula is C23H18F4N6O. The van der Waals surface area contributed by atoms with Gasteiger partial charge in [-0.15, -0.1) is 0 Å². The Morgan fingerprint density at radius 1 is 1.03 bits per heavy atom. The van der Waals surface area contributed by atoms with Gasteiger partial charge in [0.25, 0.3) is 5.91 Å². The summed E-state index contributed by atoms with van der Waals surface area (Å²) in [5.74, 6) is 0.165. The lowest BCUT2D eigenvalue weighted by atomic mass is 9.71. The maximum absolute atomic E-state index is 13.6. The zero-order valence-electron chi connectivity index (χ0n) is 17.6. The molecule has 1 aromatic carbocycles. The second kappa shape index (κ2) is 7.18. The number of carbonyl (C=O) groups is 1. The number of nitrogens with zero attached hydrogens (tertiary/aromatic N) is 5. The number of anilines is 1. The second-order valence-electron chi connectivity index (χ2n) is 9.05. The van der Waals surface area contributed by atoms with Crippen molar-refractivity contribution in [3.05, 3.63) is 66.1 Å². The van der Waals surface area contributed by atoms with Crippen molar-refractivity contribution >= 4 is 11.7 Å². The van der Waals surface area contributed by atoms with E-state index in [1.165, 1.54) is 0 Å². The standard InChI is InChI=1S/C23H18F4N6O/c24-13-7-30-20(31-8-13)14-3-1-2-4-15(14)21(34)33-11-12-5-22(12)6-16(19(22)33)32-18-10-28-17(9-29-18)23(25,26)27/h1-4,7-10,12,16,19H,5-6,11H2,(H,29,32). The summed E-state index contributed by atoms with van der Waals surface area (Å²) in [6.45, 7) is 0.610. The zero-order chi connectivity index (χ0) is 23.7. The molecule has 174 valence electrons. The Morgan fingerprint density at radius 2 is 1.79 bits per heavy atom. The monoisotopic (exact) mass is 470 g/mol. The van der Waals surface area contributed by atoms with Crippen LogP contribution in [0.15, 0.2) is 49.1 Å². The first-order valence-electron chi connectivity index (χ1n) is 10.8. The summed E-state index contributed by atoms with van der Waals surface area (Å²) >= 11 is 0. The van der Waals surface area contributed by atoms with Crippen LogP contribution < -0.4 is 5.32 Å². The van der Waals surface area contributed by atoms with E-state index in [0.717, 1.165) is 31.4 Å². The van der Waals surface area contributed by atoms with E-state index in [1.807, 2.05) is 4.90 Å². The van der Waals surface area contributed by atoms with Crippen molar-refractivity contribution in [3.8, 4) is 11.4 Å². The Hall–Kier alpha value is -3.63. The van der Waals surface area contributed by atoms with Crippen molar-refractivity contribution in [1.29, 1.82) is 0 Å². The fourth-order valence-electron chi connectivity index (χ4n) is 5.57. The molecular weight excluding hydrogens is 452 g/mol. The van der Waals surface area contributed by atoms with E-state index in [4.69, 9.17) is 0 Å². The maximum Gasteiger partial charge on any atom is 0.434 e. The number of rotatable bonds is 4. The molecule has 2 aromatic heterocycles. The first kappa shape index (κ1) is 20.9. The Kier molecular flexibility index (Phi) is 4.42. The van der Waals surface area contributed by atoms with Crippen LogP contribution in [0, 0.1) is 17.2 Å². The number of halogens is 4. The second-order valence-corrected chi connectivity index (χ2v) is 9.05. The minimum absolute atomic E-state index is 0.0496. The number of piperidine rings is 1. The summed E-state index contributed by atoms with van der Waals surface area (Å²) in [6, 6.07) is 6.69. The molecule has 1 saturated heterocycles. The third kappa shape index (κ3) is 3.21. The van der Waals surface area contributed by atoms with Crippen molar-refractivity contribution in [1.82, 2.24) is 24.8 Å². The summed E-state index contributed by atoms with van der Waals surface area (Å²) in [5.41, 5.74) is -0.0682. The van der Waals surface area contributed by atoms with Crippen LogP contribution in [0.5, 0.6) is 0 Å². The fraction of sp³-hybridized carbons (Fsp3) is 0.348. The number of amides is 1. The quantitative estimate of drug-likeness (QED) is 0.584. The Bertz CT molecular complexity index is 1270. The Morgan fingerprint density at radius 3 is 2.50 bits per heavy atom. The van der Waals surface area contributed by atoms with E-state index in [2.05, 4.69) is 25.3 Å². The van der Waals surface area contributed by atoms with E-state index in [0.29, 0.717) is 29.8 Å². The maximum atomic E-state index is 13.6. The number of hydrogen-bond acceptors (Lipinski definition) is 6. The van der Waals surface area contributed by atoms with Gasteiger partial charge < -0.3 is 10.2 Å². The molecule has 6 rings (SSSR count). The summed E-state index contributed by atoms with van der Waals surface area (Å²) in [5, 5.41) is 3.17. The van der Waals surface area contributed by atoms with E-state index < -0.39 is 17.7 Å². The molecule has 11 heteroatoms. The lowest BCUT2D eigenvalue weighted by Gasteiger charge is -2.48. The third-order valence-corrected chi connectivity index (χ3v) is 7.16. The molecule has 4 atom stereocenters. The number of nitrogens with one attached hydrogen (secondary N) is 1. The lowest BCUT2D eigenvalue weighted by Crippen LogP contribution is -2.60. The average Bonchev–Trinajstić information content (AvgIpc) is 3.47. The van der Waals surface area contributed by atoms with Gasteiger partial charge in [0.1, 0.15) is 5.82 Å². The predicted octanol–water partition coefficient (Wildman–Crippen LogP) is 3.81. The van der Waals surface area contributed by atoms with Gasteiger partial charge in [-0.2, -0.15) is 13.2 Å². The van der Waals surface area contributed by atoms with Crippen molar-refractivity contribution in [2.45, 2.75) is 31.1 Å². The fourth-order valence-corrected chi connectivity index (χ4v) is 5.57. The summed E-state index contributed by atoms with van der Waals surface area (Å²) < 4.78 is 51.6. The van der Waals surface area contributed by atoms with Gasteiger partial charge in [0.15, 0.2) is 17.3 Å². The minimum atomic E-state index is -4.55. The van der Waals surface area contributed by atoms with Crippen LogP contribution in [0.4, 0.5) is 23.4 Å². The average molecular weight is 470 g/mol. The normalized spacial score (nSPS) is 26.9. The molecule has 1 amide bonds. The van der Waals surface area contributed by atoms with Gasteiger partial charge >= 0.3 is 6.18 Å². The molecule has 1 N–H and O–H groups in total. The van der Waals surface area contributed by atoms with Gasteiger partial charge in [-0.05, 0) is 30.2 Å². The van der Waals surface area contributed by atoms with Crippen LogP contribution >= 0.6 is 0 Å².